The van der Waals surface area contributed by atoms with Gasteiger partial charge in [-0.25, -0.2) is 9.97 Å². The summed E-state index contributed by atoms with van der Waals surface area (Å²) in [5.41, 5.74) is 6.15. The van der Waals surface area contributed by atoms with Crippen molar-refractivity contribution >= 4 is 166 Å². The third kappa shape index (κ3) is 26.0. The summed E-state index contributed by atoms with van der Waals surface area (Å²) in [7, 11) is 0. The molecule has 17 aromatic rings. The van der Waals surface area contributed by atoms with Crippen LogP contribution in [0.15, 0.2) is 152 Å². The molecule has 0 amide bonds. The first-order valence-electron chi connectivity index (χ1n) is 38.2. The number of anilines is 5. The lowest BCUT2D eigenvalue weighted by atomic mass is 10.2. The summed E-state index contributed by atoms with van der Waals surface area (Å²) in [4.78, 5) is 86.9. The van der Waals surface area contributed by atoms with Gasteiger partial charge in [0.15, 0.2) is 57.3 Å². The zero-order valence-corrected chi connectivity index (χ0v) is 71.9. The summed E-state index contributed by atoms with van der Waals surface area (Å²) in [5.74, 6) is 11.6. The molecule has 1 atom stereocenters. The number of hydrogen-bond donors (Lipinski definition) is 10. The number of benzene rings is 2. The van der Waals surface area contributed by atoms with Crippen LogP contribution < -0.4 is 55.0 Å². The molecule has 38 nitrogen and oxygen atoms in total. The summed E-state index contributed by atoms with van der Waals surface area (Å²) in [6.45, 7) is 13.9. The topological polar surface area (TPSA) is 471 Å². The number of aromatic nitrogens is 22. The number of fused-ring (bicyclic) bond motifs is 5. The molecule has 15 aromatic heterocycles. The Morgan fingerprint density at radius 1 is 0.427 bits per heavy atom. The van der Waals surface area contributed by atoms with Crippen molar-refractivity contribution < 1.29 is 51.1 Å². The van der Waals surface area contributed by atoms with Crippen molar-refractivity contribution in [1.82, 2.24) is 110 Å². The number of aromatic amines is 5. The summed E-state index contributed by atoms with van der Waals surface area (Å²) in [6, 6.07) is 32.2. The third-order valence-electron chi connectivity index (χ3n) is 16.8. The first-order valence-corrected chi connectivity index (χ1v) is 41.9. The van der Waals surface area contributed by atoms with Gasteiger partial charge in [-0.15, -0.1) is 34.5 Å². The van der Waals surface area contributed by atoms with Crippen molar-refractivity contribution in [2.75, 3.05) is 72.8 Å². The number of nitrogens with zero attached hydrogens (tertiary/aromatic N) is 17. The van der Waals surface area contributed by atoms with Gasteiger partial charge in [0.25, 0.3) is 30.1 Å². The summed E-state index contributed by atoms with van der Waals surface area (Å²) in [6.07, 6.45) is 11.2. The Bertz CT molecular complexity index is 6210. The molecule has 0 bridgehead atoms. The Balaban J connectivity index is 0.000000126. The second-order valence-corrected chi connectivity index (χ2v) is 30.5. The third-order valence-corrected chi connectivity index (χ3v) is 19.2. The van der Waals surface area contributed by atoms with E-state index in [9.17, 15) is 0 Å². The number of para-hydroxylation sites is 1. The predicted molar refractivity (Wildman–Crippen MR) is 468 cm³/mol. The molecule has 2 aromatic carbocycles. The number of halogens is 5. The molecule has 0 radical (unpaired) electrons. The maximum Gasteiger partial charge on any atom is 0.296 e. The van der Waals surface area contributed by atoms with Crippen LogP contribution in [0.1, 0.15) is 79.8 Å². The normalized spacial score (nSPS) is 12.2. The Hall–Kier alpha value is -13.0. The van der Waals surface area contributed by atoms with Crippen LogP contribution in [0.4, 0.5) is 29.1 Å². The molecular formula is C79H78Cl5N27O11S2. The molecule has 0 aliphatic carbocycles. The van der Waals surface area contributed by atoms with Crippen molar-refractivity contribution in [3.05, 3.63) is 198 Å². The Labute approximate surface area is 738 Å². The standard InChI is InChI=1S/C18H16ClN5O3.C16H13ClN6OS.C15H19ClN6O2S.C15H16ClN5O3.C15H14ClN5O2/c19-17-22-15(20-11-13-7-4-8-25-13)14-16(23-17)24-18(21-14)27-10-9-26-12-5-2-1-3-6-12;17-15-21-13(19-8-11-18-6-7-25-11)12-14(22-15)23-16(20-12)24-9-10-4-2-1-3-5-10;1-15(2,3)24-6-5-23-14-19-10-11(18-8-9-17-4-7-25-9)20-13(16)21-12(10)22-14;16-14-19-12(17-7-9-3-1-5-22-9)11-13(20-14)21-15(18-11)24-8-10-4-2-6-23-10;1-2-3-4-7-23-15-18-11-12(17-9-10-6-5-8-22-10)19-14(16)20-13(11)21-15/h1-8H,9-11H2,(H2,20,21,22,23,24);1-7H,8-9H2,(H2,19,20,21,22,23);4,7H,5-6,8H2,1-3H3,(H2,18,19,20,21,22);1,3,5,10H,2,4,6-8H2,(H2,17,18,19,20,21);5-6,8H,4,7,9H2,1H3,(H2,17,18,19,20,21)/t;;;10-;/m...0./s1. The summed E-state index contributed by atoms with van der Waals surface area (Å²) >= 11 is 33.0. The van der Waals surface area contributed by atoms with Gasteiger partial charge in [-0.1, -0.05) is 48.5 Å². The van der Waals surface area contributed by atoms with Crippen LogP contribution in [0.2, 0.25) is 26.4 Å². The van der Waals surface area contributed by atoms with E-state index in [0.717, 1.165) is 58.1 Å². The van der Waals surface area contributed by atoms with Gasteiger partial charge in [-0.3, -0.25) is 0 Å². The minimum atomic E-state index is -0.205. The van der Waals surface area contributed by atoms with Gasteiger partial charge in [0, 0.05) is 36.2 Å². The highest BCUT2D eigenvalue weighted by Crippen LogP contribution is 2.31. The van der Waals surface area contributed by atoms with Gasteiger partial charge in [-0.05, 0) is 153 Å². The molecule has 124 heavy (non-hydrogen) atoms. The first-order chi connectivity index (χ1) is 60.5. The molecule has 18 rings (SSSR count). The molecule has 0 saturated carbocycles. The number of rotatable bonds is 33. The first kappa shape index (κ1) is 87.4. The fourth-order valence-electron chi connectivity index (χ4n) is 11.3. The maximum absolute atomic E-state index is 6.00. The van der Waals surface area contributed by atoms with Crippen molar-refractivity contribution in [2.24, 2.45) is 0 Å². The smallest absolute Gasteiger partial charge is 0.296 e. The van der Waals surface area contributed by atoms with Crippen LogP contribution in [0.3, 0.4) is 0 Å². The number of ether oxygens (including phenoxy) is 8. The molecule has 0 unspecified atom stereocenters. The van der Waals surface area contributed by atoms with Gasteiger partial charge in [-0.2, -0.15) is 74.8 Å². The van der Waals surface area contributed by atoms with Crippen molar-refractivity contribution in [2.45, 2.75) is 98.0 Å². The highest BCUT2D eigenvalue weighted by molar-refractivity contribution is 7.09. The lowest BCUT2D eigenvalue weighted by molar-refractivity contribution is -0.0172. The quantitative estimate of drug-likeness (QED) is 0.0104. The van der Waals surface area contributed by atoms with E-state index in [-0.39, 0.29) is 38.1 Å². The molecule has 642 valence electrons. The van der Waals surface area contributed by atoms with Gasteiger partial charge >= 0.3 is 0 Å². The number of nitrogens with one attached hydrogen (secondary N) is 10. The van der Waals surface area contributed by atoms with Crippen molar-refractivity contribution in [1.29, 1.82) is 0 Å². The van der Waals surface area contributed by atoms with Crippen LogP contribution >= 0.6 is 80.7 Å². The molecule has 1 fully saturated rings. The minimum Gasteiger partial charge on any atom is -0.490 e. The molecule has 16 heterocycles. The van der Waals surface area contributed by atoms with E-state index in [0.29, 0.717) is 200 Å². The molecule has 0 spiro atoms. The van der Waals surface area contributed by atoms with E-state index in [2.05, 4.69) is 148 Å². The minimum absolute atomic E-state index is 0.0925. The fraction of sp³-hybridized carbons (Fsp3) is 0.278. The van der Waals surface area contributed by atoms with Crippen LogP contribution in [0, 0.1) is 11.8 Å². The van der Waals surface area contributed by atoms with Gasteiger partial charge < -0.3 is 103 Å². The van der Waals surface area contributed by atoms with Crippen LogP contribution in [0.25, 0.3) is 55.8 Å². The number of thiazole rings is 2. The van der Waals surface area contributed by atoms with Crippen LogP contribution in [-0.2, 0) is 48.8 Å². The van der Waals surface area contributed by atoms with Crippen molar-refractivity contribution in [3.8, 4) is 47.6 Å². The average molecular weight is 1820 g/mol. The van der Waals surface area contributed by atoms with Gasteiger partial charge in [0.05, 0.1) is 69.8 Å². The SMILES string of the molecule is CC#CCCOc1nc2nc(Cl)nc(NCc3ccco3)c2[nH]1.CC(C)(C)OCCOc1nc2nc(Cl)nc(NCc3nccs3)c2[nH]1.Clc1nc(NCc2ccco2)c2[nH]c(OCCOc3ccccc3)nc2n1.Clc1nc(NCc2ccco2)c2[nH]c(OC[C@@H]3CCCO3)nc2n1.Clc1nc(NCc2nccs2)c2[nH]c(OCc3ccccc3)nc2n1. The van der Waals surface area contributed by atoms with E-state index in [1.54, 1.807) is 60.8 Å². The van der Waals surface area contributed by atoms with Crippen molar-refractivity contribution in [3.63, 3.8) is 0 Å². The van der Waals surface area contributed by atoms with E-state index in [1.807, 2.05) is 129 Å². The molecule has 45 heteroatoms. The number of furan rings is 3. The van der Waals surface area contributed by atoms with Crippen LogP contribution in [-0.4, -0.2) is 168 Å². The summed E-state index contributed by atoms with van der Waals surface area (Å²) < 4.78 is 60.7. The highest BCUT2D eigenvalue weighted by atomic mass is 35.5. The molecule has 1 aliphatic rings. The lowest BCUT2D eigenvalue weighted by Gasteiger charge is -2.19. The Morgan fingerprint density at radius 3 is 1.18 bits per heavy atom. The van der Waals surface area contributed by atoms with Gasteiger partial charge in [0.1, 0.15) is 100 Å². The Morgan fingerprint density at radius 2 is 0.806 bits per heavy atom. The Kier molecular flexibility index (Phi) is 30.8. The highest BCUT2D eigenvalue weighted by Gasteiger charge is 2.22. The predicted octanol–water partition coefficient (Wildman–Crippen LogP) is 16.4. The second-order valence-electron chi connectivity index (χ2n) is 26.8. The van der Waals surface area contributed by atoms with Crippen LogP contribution in [0.5, 0.6) is 35.8 Å². The van der Waals surface area contributed by atoms with E-state index < -0.39 is 0 Å². The molecule has 10 N–H and O–H groups in total. The zero-order chi connectivity index (χ0) is 85.8. The van der Waals surface area contributed by atoms with Gasteiger partial charge in [0.2, 0.25) is 26.4 Å². The fourth-order valence-corrected chi connectivity index (χ4v) is 13.2. The number of hydrogen-bond acceptors (Lipinski definition) is 35. The van der Waals surface area contributed by atoms with E-state index in [1.165, 1.54) is 0 Å². The average Bonchev–Trinajstić information content (AvgIpc) is 1.69. The monoisotopic (exact) mass is 1820 g/mol. The maximum atomic E-state index is 6.00. The van der Waals surface area contributed by atoms with E-state index >= 15 is 0 Å². The van der Waals surface area contributed by atoms with E-state index in [4.69, 9.17) is 109 Å². The largest absolute Gasteiger partial charge is 0.490 e. The molecular weight excluding hydrogens is 1740 g/mol. The summed E-state index contributed by atoms with van der Waals surface area (Å²) in [5, 5.41) is 22.1. The second kappa shape index (κ2) is 43.7. The lowest BCUT2D eigenvalue weighted by Crippen LogP contribution is -2.22. The number of H-pyrrole nitrogens is 5. The molecule has 1 aliphatic heterocycles. The molecule has 1 saturated heterocycles. The number of imidazole rings is 5. The zero-order valence-electron chi connectivity index (χ0n) is 66.5.